The van der Waals surface area contributed by atoms with E-state index in [1.54, 1.807) is 26.0 Å². The molecule has 1 atom stereocenters. The standard InChI is InChI=1S/C14H21NO3/c1-10(2)14(4,16)9-18-13-7-5-12(6-8-13)11(3)15-17/h5-8,10,16-17H,9H2,1-4H3/b15-11+. The average Bonchev–Trinajstić information content (AvgIpc) is 2.36. The zero-order valence-corrected chi connectivity index (χ0v) is 11.3. The normalized spacial score (nSPS) is 15.6. The Labute approximate surface area is 108 Å². The Morgan fingerprint density at radius 3 is 2.33 bits per heavy atom. The third kappa shape index (κ3) is 3.74. The molecule has 1 unspecified atom stereocenters. The summed E-state index contributed by atoms with van der Waals surface area (Å²) in [7, 11) is 0. The summed E-state index contributed by atoms with van der Waals surface area (Å²) in [5.74, 6) is 0.811. The monoisotopic (exact) mass is 251 g/mol. The summed E-state index contributed by atoms with van der Waals surface area (Å²) < 4.78 is 5.55. The van der Waals surface area contributed by atoms with Gasteiger partial charge in [0.25, 0.3) is 0 Å². The fourth-order valence-electron chi connectivity index (χ4n) is 1.25. The lowest BCUT2D eigenvalue weighted by atomic mass is 9.94. The van der Waals surface area contributed by atoms with Crippen molar-refractivity contribution < 1.29 is 15.1 Å². The lowest BCUT2D eigenvalue weighted by molar-refractivity contribution is -0.0266. The summed E-state index contributed by atoms with van der Waals surface area (Å²) in [6.07, 6.45) is 0. The number of hydrogen-bond acceptors (Lipinski definition) is 4. The lowest BCUT2D eigenvalue weighted by Gasteiger charge is -2.27. The zero-order chi connectivity index (χ0) is 13.8. The summed E-state index contributed by atoms with van der Waals surface area (Å²) in [6.45, 7) is 7.63. The summed E-state index contributed by atoms with van der Waals surface area (Å²) in [5.41, 5.74) is 0.539. The number of benzene rings is 1. The van der Waals surface area contributed by atoms with Gasteiger partial charge in [0, 0.05) is 0 Å². The van der Waals surface area contributed by atoms with Crippen LogP contribution in [0.15, 0.2) is 29.4 Å². The van der Waals surface area contributed by atoms with Crippen LogP contribution in [0.1, 0.15) is 33.3 Å². The molecule has 0 spiro atoms. The van der Waals surface area contributed by atoms with Crippen molar-refractivity contribution >= 4 is 5.71 Å². The minimum atomic E-state index is -0.846. The van der Waals surface area contributed by atoms with Crippen molar-refractivity contribution in [3.05, 3.63) is 29.8 Å². The highest BCUT2D eigenvalue weighted by Crippen LogP contribution is 2.19. The van der Waals surface area contributed by atoms with E-state index in [9.17, 15) is 5.11 Å². The van der Waals surface area contributed by atoms with E-state index in [1.165, 1.54) is 0 Å². The summed E-state index contributed by atoms with van der Waals surface area (Å²) in [4.78, 5) is 0. The lowest BCUT2D eigenvalue weighted by Crippen LogP contribution is -2.37. The van der Waals surface area contributed by atoms with Crippen LogP contribution in [0.3, 0.4) is 0 Å². The predicted octanol–water partition coefficient (Wildman–Crippen LogP) is 2.67. The van der Waals surface area contributed by atoms with Crippen LogP contribution in [0, 0.1) is 5.92 Å². The molecule has 0 bridgehead atoms. The van der Waals surface area contributed by atoms with E-state index in [2.05, 4.69) is 5.16 Å². The van der Waals surface area contributed by atoms with E-state index in [4.69, 9.17) is 9.94 Å². The molecule has 0 fully saturated rings. The maximum atomic E-state index is 10.1. The second kappa shape index (κ2) is 5.87. The Balaban J connectivity index is 2.65. The highest BCUT2D eigenvalue weighted by molar-refractivity contribution is 5.98. The molecule has 0 amide bonds. The number of nitrogens with zero attached hydrogens (tertiary/aromatic N) is 1. The second-order valence-corrected chi connectivity index (χ2v) is 5.01. The van der Waals surface area contributed by atoms with Gasteiger partial charge in [-0.1, -0.05) is 19.0 Å². The molecule has 4 nitrogen and oxygen atoms in total. The second-order valence-electron chi connectivity index (χ2n) is 5.01. The van der Waals surface area contributed by atoms with Gasteiger partial charge in [-0.15, -0.1) is 0 Å². The average molecular weight is 251 g/mol. The first-order chi connectivity index (χ1) is 8.36. The van der Waals surface area contributed by atoms with Crippen molar-refractivity contribution in [3.8, 4) is 5.75 Å². The Morgan fingerprint density at radius 2 is 1.89 bits per heavy atom. The van der Waals surface area contributed by atoms with Crippen molar-refractivity contribution in [3.63, 3.8) is 0 Å². The summed E-state index contributed by atoms with van der Waals surface area (Å²) >= 11 is 0. The molecule has 0 saturated heterocycles. The summed E-state index contributed by atoms with van der Waals surface area (Å²) in [5, 5.41) is 21.8. The van der Waals surface area contributed by atoms with Gasteiger partial charge in [0.2, 0.25) is 0 Å². The van der Waals surface area contributed by atoms with Crippen LogP contribution < -0.4 is 4.74 Å². The van der Waals surface area contributed by atoms with Gasteiger partial charge >= 0.3 is 0 Å². The van der Waals surface area contributed by atoms with Crippen molar-refractivity contribution in [1.29, 1.82) is 0 Å². The number of hydrogen-bond donors (Lipinski definition) is 2. The molecule has 4 heteroatoms. The van der Waals surface area contributed by atoms with Crippen LogP contribution in [-0.2, 0) is 0 Å². The third-order valence-electron chi connectivity index (χ3n) is 3.20. The van der Waals surface area contributed by atoms with Gasteiger partial charge in [0.1, 0.15) is 12.4 Å². The SMILES string of the molecule is C/C(=N\O)c1ccc(OCC(C)(O)C(C)C)cc1. The van der Waals surface area contributed by atoms with Gasteiger partial charge in [-0.2, -0.15) is 0 Å². The van der Waals surface area contributed by atoms with Crippen molar-refractivity contribution in [2.75, 3.05) is 6.61 Å². The van der Waals surface area contributed by atoms with Crippen LogP contribution in [0.4, 0.5) is 0 Å². The first-order valence-electron chi connectivity index (χ1n) is 6.01. The minimum Gasteiger partial charge on any atom is -0.491 e. The van der Waals surface area contributed by atoms with Gasteiger partial charge < -0.3 is 15.1 Å². The molecule has 1 aromatic carbocycles. The fraction of sp³-hybridized carbons (Fsp3) is 0.500. The third-order valence-corrected chi connectivity index (χ3v) is 3.20. The van der Waals surface area contributed by atoms with Crippen molar-refractivity contribution in [1.82, 2.24) is 0 Å². The van der Waals surface area contributed by atoms with Gasteiger partial charge in [0.05, 0.1) is 11.3 Å². The largest absolute Gasteiger partial charge is 0.491 e. The number of ether oxygens (including phenoxy) is 1. The van der Waals surface area contributed by atoms with E-state index < -0.39 is 5.60 Å². The van der Waals surface area contributed by atoms with E-state index in [0.29, 0.717) is 11.5 Å². The summed E-state index contributed by atoms with van der Waals surface area (Å²) in [6, 6.07) is 7.21. The topological polar surface area (TPSA) is 62.1 Å². The van der Waals surface area contributed by atoms with Gasteiger partial charge in [0.15, 0.2) is 0 Å². The van der Waals surface area contributed by atoms with Crippen LogP contribution in [0.5, 0.6) is 5.75 Å². The molecule has 0 aliphatic heterocycles. The Hall–Kier alpha value is -1.55. The van der Waals surface area contributed by atoms with Crippen LogP contribution in [0.2, 0.25) is 0 Å². The quantitative estimate of drug-likeness (QED) is 0.480. The zero-order valence-electron chi connectivity index (χ0n) is 11.3. The van der Waals surface area contributed by atoms with Crippen molar-refractivity contribution in [2.24, 2.45) is 11.1 Å². The Kier molecular flexibility index (Phi) is 4.73. The first kappa shape index (κ1) is 14.5. The molecular formula is C14H21NO3. The number of oxime groups is 1. The molecule has 0 radical (unpaired) electrons. The van der Waals surface area contributed by atoms with E-state index >= 15 is 0 Å². The van der Waals surface area contributed by atoms with Crippen LogP contribution >= 0.6 is 0 Å². The molecule has 0 heterocycles. The molecule has 2 N–H and O–H groups in total. The first-order valence-corrected chi connectivity index (χ1v) is 6.01. The molecular weight excluding hydrogens is 230 g/mol. The van der Waals surface area contributed by atoms with Crippen molar-refractivity contribution in [2.45, 2.75) is 33.3 Å². The Morgan fingerprint density at radius 1 is 1.33 bits per heavy atom. The van der Waals surface area contributed by atoms with E-state index in [0.717, 1.165) is 5.56 Å². The highest BCUT2D eigenvalue weighted by Gasteiger charge is 2.25. The molecule has 0 aliphatic rings. The van der Waals surface area contributed by atoms with E-state index in [1.807, 2.05) is 26.0 Å². The van der Waals surface area contributed by atoms with Gasteiger partial charge in [-0.3, -0.25) is 0 Å². The molecule has 1 rings (SSSR count). The maximum Gasteiger partial charge on any atom is 0.119 e. The molecule has 100 valence electrons. The van der Waals surface area contributed by atoms with Gasteiger partial charge in [-0.25, -0.2) is 0 Å². The molecule has 0 aromatic heterocycles. The molecule has 18 heavy (non-hydrogen) atoms. The highest BCUT2D eigenvalue weighted by atomic mass is 16.5. The van der Waals surface area contributed by atoms with E-state index in [-0.39, 0.29) is 12.5 Å². The smallest absolute Gasteiger partial charge is 0.119 e. The fourth-order valence-corrected chi connectivity index (χ4v) is 1.25. The number of aliphatic hydroxyl groups is 1. The molecule has 0 aliphatic carbocycles. The molecule has 1 aromatic rings. The minimum absolute atomic E-state index is 0.125. The number of rotatable bonds is 5. The van der Waals surface area contributed by atoms with Gasteiger partial charge in [-0.05, 0) is 49.6 Å². The van der Waals surface area contributed by atoms with Crippen LogP contribution in [0.25, 0.3) is 0 Å². The molecule has 0 saturated carbocycles. The predicted molar refractivity (Wildman–Crippen MR) is 71.4 cm³/mol. The maximum absolute atomic E-state index is 10.1. The van der Waals surface area contributed by atoms with Crippen LogP contribution in [-0.4, -0.2) is 28.2 Å². The Bertz CT molecular complexity index is 408.